The summed E-state index contributed by atoms with van der Waals surface area (Å²) in [4.78, 5) is 0. The zero-order valence-corrected chi connectivity index (χ0v) is 12.2. The smallest absolute Gasteiger partial charge is 0.0773 e. The molecule has 0 aromatic rings. The van der Waals surface area contributed by atoms with Crippen molar-refractivity contribution in [3.8, 4) is 0 Å². The van der Waals surface area contributed by atoms with Gasteiger partial charge in [0.15, 0.2) is 0 Å². The lowest BCUT2D eigenvalue weighted by Crippen LogP contribution is -2.28. The van der Waals surface area contributed by atoms with Gasteiger partial charge in [-0.3, -0.25) is 0 Å². The van der Waals surface area contributed by atoms with E-state index in [1.165, 1.54) is 44.9 Å². The molecule has 100 valence electrons. The van der Waals surface area contributed by atoms with Gasteiger partial charge in [-0.05, 0) is 36.5 Å². The minimum atomic E-state index is 0.261. The predicted octanol–water partition coefficient (Wildman–Crippen LogP) is 4.80. The standard InChI is InChI=1S/C16H30O/c1-5-6-7-8-11-17-16-12-13(2)9-10-14(16)15(16,3)4/h13-14H,5-12H2,1-4H3. The van der Waals surface area contributed by atoms with Crippen LogP contribution in [0.2, 0.25) is 0 Å². The summed E-state index contributed by atoms with van der Waals surface area (Å²) in [5.74, 6) is 1.71. The Bertz CT molecular complexity index is 258. The monoisotopic (exact) mass is 238 g/mol. The third kappa shape index (κ3) is 2.28. The Hall–Kier alpha value is -0.0400. The predicted molar refractivity (Wildman–Crippen MR) is 73.1 cm³/mol. The second-order valence-corrected chi connectivity index (χ2v) is 6.96. The molecule has 2 aliphatic rings. The van der Waals surface area contributed by atoms with E-state index in [4.69, 9.17) is 4.74 Å². The lowest BCUT2D eigenvalue weighted by Gasteiger charge is -2.28. The van der Waals surface area contributed by atoms with Crippen LogP contribution in [0.3, 0.4) is 0 Å². The highest BCUT2D eigenvalue weighted by molar-refractivity contribution is 5.22. The third-order valence-corrected chi connectivity index (χ3v) is 5.40. The van der Waals surface area contributed by atoms with Gasteiger partial charge in [-0.15, -0.1) is 0 Å². The van der Waals surface area contributed by atoms with Crippen LogP contribution in [0.5, 0.6) is 0 Å². The first kappa shape index (κ1) is 13.4. The Balaban J connectivity index is 1.81. The summed E-state index contributed by atoms with van der Waals surface area (Å²) in [6, 6.07) is 0. The molecule has 2 aliphatic carbocycles. The number of rotatable bonds is 6. The van der Waals surface area contributed by atoms with Crippen LogP contribution in [0, 0.1) is 17.3 Å². The second-order valence-electron chi connectivity index (χ2n) is 6.96. The summed E-state index contributed by atoms with van der Waals surface area (Å²) in [6.07, 6.45) is 9.38. The number of fused-ring (bicyclic) bond motifs is 1. The molecule has 2 saturated carbocycles. The Kier molecular flexibility index (Phi) is 3.87. The Labute approximate surface area is 107 Å². The van der Waals surface area contributed by atoms with Gasteiger partial charge in [0.05, 0.1) is 5.60 Å². The Morgan fingerprint density at radius 3 is 2.59 bits per heavy atom. The van der Waals surface area contributed by atoms with Gasteiger partial charge in [0.1, 0.15) is 0 Å². The van der Waals surface area contributed by atoms with E-state index in [9.17, 15) is 0 Å². The van der Waals surface area contributed by atoms with Gasteiger partial charge in [-0.1, -0.05) is 53.4 Å². The molecular weight excluding hydrogens is 208 g/mol. The maximum Gasteiger partial charge on any atom is 0.0773 e. The quantitative estimate of drug-likeness (QED) is 0.604. The Morgan fingerprint density at radius 2 is 1.88 bits per heavy atom. The van der Waals surface area contributed by atoms with Crippen molar-refractivity contribution in [3.63, 3.8) is 0 Å². The summed E-state index contributed by atoms with van der Waals surface area (Å²) >= 11 is 0. The van der Waals surface area contributed by atoms with Gasteiger partial charge in [-0.25, -0.2) is 0 Å². The molecule has 0 aromatic carbocycles. The average molecular weight is 238 g/mol. The van der Waals surface area contributed by atoms with Crippen LogP contribution in [0.25, 0.3) is 0 Å². The molecule has 2 rings (SSSR count). The van der Waals surface area contributed by atoms with Gasteiger partial charge < -0.3 is 4.74 Å². The highest BCUT2D eigenvalue weighted by Crippen LogP contribution is 2.70. The normalized spacial score (nSPS) is 38.8. The average Bonchev–Trinajstić information content (AvgIpc) is 2.74. The summed E-state index contributed by atoms with van der Waals surface area (Å²) in [6.45, 7) is 10.5. The number of hydrogen-bond acceptors (Lipinski definition) is 1. The topological polar surface area (TPSA) is 9.23 Å². The number of hydrogen-bond donors (Lipinski definition) is 0. The van der Waals surface area contributed by atoms with Crippen molar-refractivity contribution in [2.75, 3.05) is 6.61 Å². The van der Waals surface area contributed by atoms with Crippen molar-refractivity contribution in [1.29, 1.82) is 0 Å². The molecule has 1 nitrogen and oxygen atoms in total. The molecule has 0 radical (unpaired) electrons. The Morgan fingerprint density at radius 1 is 1.12 bits per heavy atom. The minimum absolute atomic E-state index is 0.261. The van der Waals surface area contributed by atoms with Crippen LogP contribution in [0.4, 0.5) is 0 Å². The van der Waals surface area contributed by atoms with E-state index >= 15 is 0 Å². The molecule has 17 heavy (non-hydrogen) atoms. The zero-order chi connectivity index (χ0) is 12.5. The van der Waals surface area contributed by atoms with Gasteiger partial charge in [-0.2, -0.15) is 0 Å². The highest BCUT2D eigenvalue weighted by Gasteiger charge is 2.72. The van der Waals surface area contributed by atoms with Gasteiger partial charge in [0.2, 0.25) is 0 Å². The second kappa shape index (κ2) is 4.91. The first-order valence-electron chi connectivity index (χ1n) is 7.68. The molecule has 0 N–H and O–H groups in total. The fourth-order valence-electron chi connectivity index (χ4n) is 4.12. The van der Waals surface area contributed by atoms with E-state index in [0.29, 0.717) is 5.41 Å². The van der Waals surface area contributed by atoms with E-state index in [2.05, 4.69) is 27.7 Å². The summed E-state index contributed by atoms with van der Waals surface area (Å²) in [7, 11) is 0. The first-order chi connectivity index (χ1) is 8.04. The van der Waals surface area contributed by atoms with E-state index in [-0.39, 0.29) is 5.60 Å². The molecule has 0 spiro atoms. The number of ether oxygens (including phenoxy) is 1. The van der Waals surface area contributed by atoms with Crippen LogP contribution in [-0.4, -0.2) is 12.2 Å². The molecule has 3 unspecified atom stereocenters. The van der Waals surface area contributed by atoms with E-state index in [1.807, 2.05) is 0 Å². The fourth-order valence-corrected chi connectivity index (χ4v) is 4.12. The molecule has 0 bridgehead atoms. The molecular formula is C16H30O. The molecule has 0 aromatic heterocycles. The van der Waals surface area contributed by atoms with E-state index < -0.39 is 0 Å². The van der Waals surface area contributed by atoms with Gasteiger partial charge >= 0.3 is 0 Å². The molecule has 1 heteroatoms. The summed E-state index contributed by atoms with van der Waals surface area (Å²) in [5.41, 5.74) is 0.708. The first-order valence-corrected chi connectivity index (χ1v) is 7.68. The van der Waals surface area contributed by atoms with Crippen LogP contribution < -0.4 is 0 Å². The van der Waals surface area contributed by atoms with Crippen LogP contribution in [-0.2, 0) is 4.74 Å². The van der Waals surface area contributed by atoms with Gasteiger partial charge in [0.25, 0.3) is 0 Å². The maximum absolute atomic E-state index is 6.38. The highest BCUT2D eigenvalue weighted by atomic mass is 16.5. The SMILES string of the molecule is CCCCCCOC12CC(C)CCC1C2(C)C. The van der Waals surface area contributed by atoms with Gasteiger partial charge in [0, 0.05) is 6.61 Å². The maximum atomic E-state index is 6.38. The van der Waals surface area contributed by atoms with Crippen molar-refractivity contribution in [1.82, 2.24) is 0 Å². The van der Waals surface area contributed by atoms with Crippen molar-refractivity contribution in [2.24, 2.45) is 17.3 Å². The fraction of sp³-hybridized carbons (Fsp3) is 1.00. The van der Waals surface area contributed by atoms with Crippen molar-refractivity contribution in [3.05, 3.63) is 0 Å². The zero-order valence-electron chi connectivity index (χ0n) is 12.2. The summed E-state index contributed by atoms with van der Waals surface area (Å²) in [5, 5.41) is 0. The van der Waals surface area contributed by atoms with E-state index in [0.717, 1.165) is 18.4 Å². The van der Waals surface area contributed by atoms with Crippen LogP contribution >= 0.6 is 0 Å². The molecule has 3 atom stereocenters. The molecule has 0 saturated heterocycles. The van der Waals surface area contributed by atoms with E-state index in [1.54, 1.807) is 0 Å². The van der Waals surface area contributed by atoms with Crippen LogP contribution in [0.15, 0.2) is 0 Å². The molecule has 0 heterocycles. The lowest BCUT2D eigenvalue weighted by atomic mass is 9.88. The summed E-state index contributed by atoms with van der Waals surface area (Å²) < 4.78 is 6.38. The van der Waals surface area contributed by atoms with Crippen molar-refractivity contribution >= 4 is 0 Å². The minimum Gasteiger partial charge on any atom is -0.374 e. The third-order valence-electron chi connectivity index (χ3n) is 5.40. The van der Waals surface area contributed by atoms with Crippen molar-refractivity contribution < 1.29 is 4.74 Å². The molecule has 2 fully saturated rings. The lowest BCUT2D eigenvalue weighted by molar-refractivity contribution is -0.0267. The molecule has 0 amide bonds. The molecule has 0 aliphatic heterocycles. The largest absolute Gasteiger partial charge is 0.374 e. The van der Waals surface area contributed by atoms with Crippen molar-refractivity contribution in [2.45, 2.75) is 78.2 Å². The number of unbranched alkanes of at least 4 members (excludes halogenated alkanes) is 3. The van der Waals surface area contributed by atoms with Crippen LogP contribution in [0.1, 0.15) is 72.6 Å².